The van der Waals surface area contributed by atoms with Crippen LogP contribution in [0.5, 0.6) is 0 Å². The van der Waals surface area contributed by atoms with Crippen LogP contribution in [-0.2, 0) is 9.84 Å². The molecule has 1 amide bonds. The molecule has 0 spiro atoms. The third-order valence-corrected chi connectivity index (χ3v) is 8.67. The maximum absolute atomic E-state index is 12.5. The Balaban J connectivity index is 0.00000306. The summed E-state index contributed by atoms with van der Waals surface area (Å²) in [6.07, 6.45) is 0. The number of thiazole rings is 1. The fraction of sp³-hybridized carbons (Fsp3) is 0.364. The highest BCUT2D eigenvalue weighted by Crippen LogP contribution is 2.33. The lowest BCUT2D eigenvalue weighted by molar-refractivity contribution is 0.0947. The van der Waals surface area contributed by atoms with E-state index in [1.165, 1.54) is 12.1 Å². The van der Waals surface area contributed by atoms with Crippen molar-refractivity contribution >= 4 is 66.4 Å². The number of nitrogens with zero attached hydrogens (tertiary/aromatic N) is 3. The second-order valence-corrected chi connectivity index (χ2v) is 11.3. The zero-order valence-corrected chi connectivity index (χ0v) is 21.4. The van der Waals surface area contributed by atoms with Gasteiger partial charge in [0.05, 0.1) is 20.4 Å². The van der Waals surface area contributed by atoms with Crippen LogP contribution in [0.1, 0.15) is 17.3 Å². The summed E-state index contributed by atoms with van der Waals surface area (Å²) in [5.74, 6) is -0.253. The van der Waals surface area contributed by atoms with Gasteiger partial charge in [-0.05, 0) is 30.3 Å². The summed E-state index contributed by atoms with van der Waals surface area (Å²) < 4.78 is 25.2. The smallest absolute Gasteiger partial charge is 0.251 e. The van der Waals surface area contributed by atoms with E-state index < -0.39 is 9.84 Å². The Morgan fingerprint density at radius 2 is 1.88 bits per heavy atom. The molecule has 0 aliphatic carbocycles. The van der Waals surface area contributed by atoms with Crippen molar-refractivity contribution in [3.05, 3.63) is 53.1 Å². The first-order valence-electron chi connectivity index (χ1n) is 10.5. The van der Waals surface area contributed by atoms with E-state index in [1.54, 1.807) is 30.4 Å². The van der Waals surface area contributed by atoms with Gasteiger partial charge in [0.1, 0.15) is 5.52 Å². The number of aromatic nitrogens is 1. The number of amides is 1. The molecule has 1 fully saturated rings. The van der Waals surface area contributed by atoms with Gasteiger partial charge < -0.3 is 10.2 Å². The van der Waals surface area contributed by atoms with Crippen molar-refractivity contribution in [3.8, 4) is 0 Å². The van der Waals surface area contributed by atoms with E-state index >= 15 is 0 Å². The Morgan fingerprint density at radius 3 is 2.58 bits per heavy atom. The highest BCUT2D eigenvalue weighted by Gasteiger charge is 2.20. The van der Waals surface area contributed by atoms with Crippen molar-refractivity contribution in [1.82, 2.24) is 15.2 Å². The van der Waals surface area contributed by atoms with E-state index in [9.17, 15) is 13.2 Å². The number of fused-ring (bicyclic) bond motifs is 1. The number of carbonyl (C=O) groups is 1. The minimum Gasteiger partial charge on any atom is -0.351 e. The summed E-state index contributed by atoms with van der Waals surface area (Å²) in [6.45, 7) is 6.31. The molecule has 1 aliphatic heterocycles. The molecule has 33 heavy (non-hydrogen) atoms. The average molecular weight is 530 g/mol. The van der Waals surface area contributed by atoms with Gasteiger partial charge >= 0.3 is 0 Å². The van der Waals surface area contributed by atoms with Gasteiger partial charge in [0.25, 0.3) is 5.91 Å². The normalized spacial score (nSPS) is 14.8. The van der Waals surface area contributed by atoms with E-state index in [0.717, 1.165) is 48.1 Å². The molecule has 1 saturated heterocycles. The number of rotatable bonds is 7. The third-order valence-electron chi connectivity index (χ3n) is 5.55. The quantitative estimate of drug-likeness (QED) is 0.503. The molecule has 4 rings (SSSR count). The van der Waals surface area contributed by atoms with Crippen LogP contribution in [-0.4, -0.2) is 69.2 Å². The molecule has 0 atom stereocenters. The number of para-hydroxylation sites is 1. The highest BCUT2D eigenvalue weighted by molar-refractivity contribution is 7.91. The van der Waals surface area contributed by atoms with E-state index in [4.69, 9.17) is 16.6 Å². The second kappa shape index (κ2) is 11.0. The molecule has 0 radical (unpaired) electrons. The van der Waals surface area contributed by atoms with Crippen LogP contribution in [0.2, 0.25) is 5.02 Å². The fourth-order valence-electron chi connectivity index (χ4n) is 3.63. The molecule has 1 aliphatic rings. The van der Waals surface area contributed by atoms with E-state index in [0.29, 0.717) is 17.1 Å². The summed E-state index contributed by atoms with van der Waals surface area (Å²) in [5, 5.41) is 4.56. The first-order chi connectivity index (χ1) is 15.4. The van der Waals surface area contributed by atoms with Crippen LogP contribution in [0.3, 0.4) is 0 Å². The molecular formula is C22H26Cl2N4O3S2. The molecule has 178 valence electrons. The molecule has 2 heterocycles. The molecule has 11 heteroatoms. The van der Waals surface area contributed by atoms with Crippen LogP contribution in [0.15, 0.2) is 47.4 Å². The SMILES string of the molecule is CCS(=O)(=O)c1cccc(C(=O)NCCN2CCN(c3nc4c(Cl)cccc4s3)CC2)c1.Cl. The van der Waals surface area contributed by atoms with Gasteiger partial charge in [0.2, 0.25) is 0 Å². The third kappa shape index (κ3) is 5.96. The summed E-state index contributed by atoms with van der Waals surface area (Å²) in [4.78, 5) is 21.9. The second-order valence-electron chi connectivity index (χ2n) is 7.60. The number of nitrogens with one attached hydrogen (secondary N) is 1. The first kappa shape index (κ1) is 25.7. The predicted octanol–water partition coefficient (Wildman–Crippen LogP) is 3.72. The minimum absolute atomic E-state index is 0. The van der Waals surface area contributed by atoms with Crippen LogP contribution in [0.4, 0.5) is 5.13 Å². The molecule has 3 aromatic rings. The molecule has 1 N–H and O–H groups in total. The number of sulfone groups is 1. The largest absolute Gasteiger partial charge is 0.351 e. The summed E-state index contributed by atoms with van der Waals surface area (Å²) in [6, 6.07) is 12.0. The van der Waals surface area contributed by atoms with Gasteiger partial charge in [-0.1, -0.05) is 42.0 Å². The van der Waals surface area contributed by atoms with E-state index in [1.807, 2.05) is 18.2 Å². The average Bonchev–Trinajstić information content (AvgIpc) is 3.25. The summed E-state index contributed by atoms with van der Waals surface area (Å²) in [5.41, 5.74) is 1.22. The van der Waals surface area contributed by atoms with Gasteiger partial charge in [0, 0.05) is 44.8 Å². The monoisotopic (exact) mass is 528 g/mol. The molecule has 0 unspecified atom stereocenters. The van der Waals surface area contributed by atoms with Crippen molar-refractivity contribution in [3.63, 3.8) is 0 Å². The lowest BCUT2D eigenvalue weighted by atomic mass is 10.2. The summed E-state index contributed by atoms with van der Waals surface area (Å²) in [7, 11) is -3.34. The number of hydrogen-bond donors (Lipinski definition) is 1. The molecular weight excluding hydrogens is 503 g/mol. The van der Waals surface area contributed by atoms with E-state index in [-0.39, 0.29) is 29.0 Å². The molecule has 0 bridgehead atoms. The number of hydrogen-bond acceptors (Lipinski definition) is 7. The maximum Gasteiger partial charge on any atom is 0.251 e. The van der Waals surface area contributed by atoms with Gasteiger partial charge in [-0.25, -0.2) is 13.4 Å². The van der Waals surface area contributed by atoms with Gasteiger partial charge in [0.15, 0.2) is 15.0 Å². The Morgan fingerprint density at radius 1 is 1.15 bits per heavy atom. The zero-order valence-electron chi connectivity index (χ0n) is 18.2. The van der Waals surface area contributed by atoms with Crippen LogP contribution in [0.25, 0.3) is 10.2 Å². The van der Waals surface area contributed by atoms with Crippen molar-refractivity contribution in [2.24, 2.45) is 0 Å². The topological polar surface area (TPSA) is 82.6 Å². The van der Waals surface area contributed by atoms with Crippen LogP contribution < -0.4 is 10.2 Å². The standard InChI is InChI=1S/C22H25ClN4O3S2.ClH/c1-2-32(29,30)17-6-3-5-16(15-17)21(28)24-9-10-26-11-13-27(14-12-26)22-25-20-18(23)7-4-8-19(20)31-22;/h3-8,15H,2,9-14H2,1H3,(H,24,28);1H. The Bertz CT molecular complexity index is 1230. The highest BCUT2D eigenvalue weighted by atomic mass is 35.5. The van der Waals surface area contributed by atoms with Crippen molar-refractivity contribution in [2.75, 3.05) is 49.9 Å². The lowest BCUT2D eigenvalue weighted by Crippen LogP contribution is -2.48. The van der Waals surface area contributed by atoms with E-state index in [2.05, 4.69) is 15.1 Å². The number of piperazine rings is 1. The number of anilines is 1. The first-order valence-corrected chi connectivity index (χ1v) is 13.4. The fourth-order valence-corrected chi connectivity index (χ4v) is 5.87. The van der Waals surface area contributed by atoms with Gasteiger partial charge in [-0.3, -0.25) is 9.69 Å². The maximum atomic E-state index is 12.5. The Labute approximate surface area is 209 Å². The predicted molar refractivity (Wildman–Crippen MR) is 137 cm³/mol. The number of carbonyl (C=O) groups excluding carboxylic acids is 1. The van der Waals surface area contributed by atoms with Crippen molar-refractivity contribution in [1.29, 1.82) is 0 Å². The van der Waals surface area contributed by atoms with Crippen LogP contribution in [0, 0.1) is 0 Å². The zero-order chi connectivity index (χ0) is 22.7. The van der Waals surface area contributed by atoms with Crippen LogP contribution >= 0.6 is 35.3 Å². The van der Waals surface area contributed by atoms with Gasteiger partial charge in [-0.15, -0.1) is 12.4 Å². The Kier molecular flexibility index (Phi) is 8.58. The molecule has 2 aromatic carbocycles. The lowest BCUT2D eigenvalue weighted by Gasteiger charge is -2.34. The Hall–Kier alpha value is -1.91. The van der Waals surface area contributed by atoms with Crippen molar-refractivity contribution in [2.45, 2.75) is 11.8 Å². The van der Waals surface area contributed by atoms with Crippen molar-refractivity contribution < 1.29 is 13.2 Å². The van der Waals surface area contributed by atoms with Gasteiger partial charge in [-0.2, -0.15) is 0 Å². The minimum atomic E-state index is -3.34. The number of halogens is 2. The molecule has 7 nitrogen and oxygen atoms in total. The molecule has 0 saturated carbocycles. The molecule has 1 aromatic heterocycles. The number of benzene rings is 2. The summed E-state index contributed by atoms with van der Waals surface area (Å²) >= 11 is 7.91.